The summed E-state index contributed by atoms with van der Waals surface area (Å²) in [4.78, 5) is 0. The predicted molar refractivity (Wildman–Crippen MR) is 61.9 cm³/mol. The zero-order chi connectivity index (χ0) is 11.3. The molecule has 0 heterocycles. The number of aliphatic hydroxyl groups excluding tert-OH is 1. The van der Waals surface area contributed by atoms with Crippen molar-refractivity contribution in [1.82, 2.24) is 5.32 Å². The minimum Gasteiger partial charge on any atom is -0.389 e. The molecule has 1 aliphatic rings. The van der Waals surface area contributed by atoms with E-state index >= 15 is 0 Å². The van der Waals surface area contributed by atoms with Gasteiger partial charge in [0.15, 0.2) is 0 Å². The van der Waals surface area contributed by atoms with Crippen LogP contribution in [-0.4, -0.2) is 36.5 Å². The molecule has 0 aromatic heterocycles. The Morgan fingerprint density at radius 1 is 1.40 bits per heavy atom. The summed E-state index contributed by atoms with van der Waals surface area (Å²) in [5.74, 6) is 0.912. The molecule has 0 saturated heterocycles. The number of hydrogen-bond acceptors (Lipinski definition) is 3. The lowest BCUT2D eigenvalue weighted by molar-refractivity contribution is 0.0318. The fraction of sp³-hybridized carbons (Fsp3) is 1.00. The average molecular weight is 215 g/mol. The average Bonchev–Trinajstić information content (AvgIpc) is 2.91. The van der Waals surface area contributed by atoms with Crippen LogP contribution in [0.2, 0.25) is 0 Å². The Kier molecular flexibility index (Phi) is 5.03. The molecule has 2 N–H and O–H groups in total. The van der Waals surface area contributed by atoms with Crippen molar-refractivity contribution in [2.24, 2.45) is 5.92 Å². The van der Waals surface area contributed by atoms with Crippen LogP contribution in [0.15, 0.2) is 0 Å². The van der Waals surface area contributed by atoms with Crippen molar-refractivity contribution >= 4 is 0 Å². The fourth-order valence-electron chi connectivity index (χ4n) is 1.36. The standard InChI is InChI=1S/C12H25NO2/c1-12(2,3)13-8-11(14)9-15-7-6-10-4-5-10/h10-11,13-14H,4-9H2,1-3H3. The zero-order valence-electron chi connectivity index (χ0n) is 10.3. The summed E-state index contributed by atoms with van der Waals surface area (Å²) < 4.78 is 5.42. The number of ether oxygens (including phenoxy) is 1. The minimum atomic E-state index is -0.386. The molecule has 1 aliphatic carbocycles. The first kappa shape index (κ1) is 12.9. The van der Waals surface area contributed by atoms with Gasteiger partial charge in [-0.05, 0) is 33.1 Å². The number of β-amino-alcohol motifs (C(OH)–C–C–N with tert-alkyl or cyclic N) is 1. The predicted octanol–water partition coefficient (Wildman–Crippen LogP) is 1.55. The zero-order valence-corrected chi connectivity index (χ0v) is 10.3. The topological polar surface area (TPSA) is 41.5 Å². The minimum absolute atomic E-state index is 0.0645. The lowest BCUT2D eigenvalue weighted by Gasteiger charge is -2.22. The van der Waals surface area contributed by atoms with Crippen molar-refractivity contribution in [2.75, 3.05) is 19.8 Å². The highest BCUT2D eigenvalue weighted by molar-refractivity contribution is 4.73. The molecule has 1 rings (SSSR count). The molecule has 0 amide bonds. The van der Waals surface area contributed by atoms with Crippen LogP contribution in [0.5, 0.6) is 0 Å². The Morgan fingerprint density at radius 3 is 2.60 bits per heavy atom. The van der Waals surface area contributed by atoms with Crippen LogP contribution in [-0.2, 0) is 4.74 Å². The molecule has 0 aromatic rings. The van der Waals surface area contributed by atoms with E-state index in [0.29, 0.717) is 13.2 Å². The highest BCUT2D eigenvalue weighted by atomic mass is 16.5. The summed E-state index contributed by atoms with van der Waals surface area (Å²) in [5, 5.41) is 12.9. The maximum Gasteiger partial charge on any atom is 0.0897 e. The summed E-state index contributed by atoms with van der Waals surface area (Å²) >= 11 is 0. The lowest BCUT2D eigenvalue weighted by atomic mass is 10.1. The van der Waals surface area contributed by atoms with E-state index in [1.165, 1.54) is 19.3 Å². The quantitative estimate of drug-likeness (QED) is 0.633. The van der Waals surface area contributed by atoms with Gasteiger partial charge < -0.3 is 15.2 Å². The van der Waals surface area contributed by atoms with Crippen molar-refractivity contribution in [1.29, 1.82) is 0 Å². The molecule has 3 nitrogen and oxygen atoms in total. The third kappa shape index (κ3) is 7.77. The Bertz CT molecular complexity index is 173. The van der Waals surface area contributed by atoms with E-state index in [9.17, 15) is 5.11 Å². The van der Waals surface area contributed by atoms with Crippen LogP contribution < -0.4 is 5.32 Å². The van der Waals surface area contributed by atoms with Crippen LogP contribution in [0.25, 0.3) is 0 Å². The molecule has 0 bridgehead atoms. The van der Waals surface area contributed by atoms with Gasteiger partial charge in [0, 0.05) is 18.7 Å². The van der Waals surface area contributed by atoms with Gasteiger partial charge in [0.05, 0.1) is 12.7 Å². The van der Waals surface area contributed by atoms with E-state index in [2.05, 4.69) is 26.1 Å². The summed E-state index contributed by atoms with van der Waals surface area (Å²) in [7, 11) is 0. The van der Waals surface area contributed by atoms with E-state index in [1.807, 2.05) is 0 Å². The summed E-state index contributed by atoms with van der Waals surface area (Å²) in [6.07, 6.45) is 3.53. The highest BCUT2D eigenvalue weighted by Gasteiger charge is 2.20. The van der Waals surface area contributed by atoms with Crippen molar-refractivity contribution in [3.8, 4) is 0 Å². The third-order valence-electron chi connectivity index (χ3n) is 2.55. The van der Waals surface area contributed by atoms with Gasteiger partial charge in [0.1, 0.15) is 0 Å². The van der Waals surface area contributed by atoms with Gasteiger partial charge in [-0.1, -0.05) is 12.8 Å². The molecule has 90 valence electrons. The van der Waals surface area contributed by atoms with E-state index in [1.54, 1.807) is 0 Å². The second-order valence-electron chi connectivity index (χ2n) is 5.59. The molecule has 1 fully saturated rings. The molecular formula is C12H25NO2. The molecule has 15 heavy (non-hydrogen) atoms. The summed E-state index contributed by atoms with van der Waals surface area (Å²) in [6.45, 7) is 8.13. The molecule has 0 spiro atoms. The largest absolute Gasteiger partial charge is 0.389 e. The first-order chi connectivity index (χ1) is 6.97. The number of aliphatic hydroxyl groups is 1. The van der Waals surface area contributed by atoms with E-state index in [0.717, 1.165) is 12.5 Å². The van der Waals surface area contributed by atoms with E-state index in [-0.39, 0.29) is 11.6 Å². The highest BCUT2D eigenvalue weighted by Crippen LogP contribution is 2.32. The Balaban J connectivity index is 1.90. The SMILES string of the molecule is CC(C)(C)NCC(O)COCCC1CC1. The molecule has 1 atom stereocenters. The van der Waals surface area contributed by atoms with Crippen molar-refractivity contribution in [3.63, 3.8) is 0 Å². The van der Waals surface area contributed by atoms with E-state index in [4.69, 9.17) is 4.74 Å². The van der Waals surface area contributed by atoms with E-state index < -0.39 is 0 Å². The summed E-state index contributed by atoms with van der Waals surface area (Å²) in [5.41, 5.74) is 0.0645. The van der Waals surface area contributed by atoms with Crippen molar-refractivity contribution in [2.45, 2.75) is 51.7 Å². The van der Waals surface area contributed by atoms with Gasteiger partial charge >= 0.3 is 0 Å². The molecule has 0 radical (unpaired) electrons. The van der Waals surface area contributed by atoms with Crippen molar-refractivity contribution < 1.29 is 9.84 Å². The van der Waals surface area contributed by atoms with Gasteiger partial charge in [0.25, 0.3) is 0 Å². The van der Waals surface area contributed by atoms with Crippen molar-refractivity contribution in [3.05, 3.63) is 0 Å². The molecular weight excluding hydrogens is 190 g/mol. The van der Waals surface area contributed by atoms with Gasteiger partial charge in [-0.3, -0.25) is 0 Å². The number of rotatable bonds is 7. The normalized spacial score (nSPS) is 19.2. The first-order valence-electron chi connectivity index (χ1n) is 5.98. The van der Waals surface area contributed by atoms with Crippen LogP contribution in [0, 0.1) is 5.92 Å². The molecule has 3 heteroatoms. The number of nitrogens with one attached hydrogen (secondary N) is 1. The second-order valence-corrected chi connectivity index (χ2v) is 5.59. The van der Waals surface area contributed by atoms with Gasteiger partial charge in [0.2, 0.25) is 0 Å². The lowest BCUT2D eigenvalue weighted by Crippen LogP contribution is -2.42. The molecule has 0 aliphatic heterocycles. The fourth-order valence-corrected chi connectivity index (χ4v) is 1.36. The Labute approximate surface area is 93.2 Å². The Hall–Kier alpha value is -0.120. The van der Waals surface area contributed by atoms with Crippen LogP contribution in [0.1, 0.15) is 40.0 Å². The third-order valence-corrected chi connectivity index (χ3v) is 2.55. The maximum atomic E-state index is 9.61. The Morgan fingerprint density at radius 2 is 2.07 bits per heavy atom. The molecule has 0 aromatic carbocycles. The van der Waals surface area contributed by atoms with Crippen LogP contribution >= 0.6 is 0 Å². The maximum absolute atomic E-state index is 9.61. The summed E-state index contributed by atoms with van der Waals surface area (Å²) in [6, 6.07) is 0. The monoisotopic (exact) mass is 215 g/mol. The first-order valence-corrected chi connectivity index (χ1v) is 5.98. The van der Waals surface area contributed by atoms with Gasteiger partial charge in [-0.15, -0.1) is 0 Å². The van der Waals surface area contributed by atoms with Crippen LogP contribution in [0.3, 0.4) is 0 Å². The molecule has 1 unspecified atom stereocenters. The molecule has 1 saturated carbocycles. The smallest absolute Gasteiger partial charge is 0.0897 e. The number of hydrogen-bond donors (Lipinski definition) is 2. The second kappa shape index (κ2) is 5.83. The van der Waals surface area contributed by atoms with Crippen LogP contribution in [0.4, 0.5) is 0 Å². The van der Waals surface area contributed by atoms with Gasteiger partial charge in [-0.2, -0.15) is 0 Å². The van der Waals surface area contributed by atoms with Gasteiger partial charge in [-0.25, -0.2) is 0 Å².